The smallest absolute Gasteiger partial charge is 0.373 e. The van der Waals surface area contributed by atoms with Gasteiger partial charge in [0.2, 0.25) is 0 Å². The molecule has 28 heteroatoms. The minimum atomic E-state index is -4.04. The van der Waals surface area contributed by atoms with Crippen molar-refractivity contribution >= 4 is 70.4 Å². The minimum Gasteiger partial charge on any atom is -0.373 e. The van der Waals surface area contributed by atoms with E-state index in [4.69, 9.17) is 95.3 Å². The fraction of sp³-hybridized carbons (Fsp3) is 1.00. The Kier molecular flexibility index (Phi) is 11.3. The summed E-state index contributed by atoms with van der Waals surface area (Å²) in [7, 11) is -32.3. The molecule has 0 radical (unpaired) electrons. The van der Waals surface area contributed by atoms with Gasteiger partial charge in [0, 0.05) is 48.4 Å². The molecule has 6 heterocycles. The first-order chi connectivity index (χ1) is 21.0. The zero-order valence-electron chi connectivity index (χ0n) is 24.8. The van der Waals surface area contributed by atoms with Crippen molar-refractivity contribution in [2.75, 3.05) is 52.4 Å². The predicted octanol–water partition coefficient (Wildman–Crippen LogP) is -4.57. The maximum atomic E-state index is 7.05. The minimum absolute atomic E-state index is 0.109. The number of hydrogen-bond donors (Lipinski definition) is 8. The highest BCUT2D eigenvalue weighted by Crippen LogP contribution is 2.52. The second-order valence-electron chi connectivity index (χ2n) is 11.0. The van der Waals surface area contributed by atoms with E-state index >= 15 is 0 Å². The summed E-state index contributed by atoms with van der Waals surface area (Å²) in [6.45, 7) is 0.870. The van der Waals surface area contributed by atoms with E-state index in [0.717, 1.165) is 0 Å². The van der Waals surface area contributed by atoms with Gasteiger partial charge in [-0.05, 0) is 52.4 Å². The molecule has 6 saturated heterocycles. The van der Waals surface area contributed by atoms with Gasteiger partial charge < -0.3 is 95.3 Å². The molecule has 0 aliphatic carbocycles. The molecule has 256 valence electrons. The Bertz CT molecular complexity index is 724. The van der Waals surface area contributed by atoms with E-state index < -0.39 is 70.4 Å². The topological polar surface area (TPSA) is 319 Å². The SMILES string of the molecule is NCC[Si]12O[Si]3(CCN)O[Si]4(CCN)O[Si](CCN)(O1)O[Si]1(CCN)O[Si](CCN)(O2)O[Si](CCN)(O3)O[Si](CCN)(O4)O1. The summed E-state index contributed by atoms with van der Waals surface area (Å²) in [6.07, 6.45) is 0. The summed E-state index contributed by atoms with van der Waals surface area (Å²) in [4.78, 5) is 0. The van der Waals surface area contributed by atoms with E-state index in [-0.39, 0.29) is 101 Å². The van der Waals surface area contributed by atoms with Crippen LogP contribution in [0.5, 0.6) is 0 Å². The van der Waals surface area contributed by atoms with E-state index in [2.05, 4.69) is 0 Å². The van der Waals surface area contributed by atoms with Crippen molar-refractivity contribution in [1.82, 2.24) is 0 Å². The summed E-state index contributed by atoms with van der Waals surface area (Å²) in [5.74, 6) is 0. The van der Waals surface area contributed by atoms with Crippen LogP contribution in [-0.2, 0) is 49.4 Å². The molecule has 0 unspecified atom stereocenters. The predicted molar refractivity (Wildman–Crippen MR) is 170 cm³/mol. The Hall–Kier alpha value is 0.935. The Labute approximate surface area is 265 Å². The highest BCUT2D eigenvalue weighted by Gasteiger charge is 2.82. The quantitative estimate of drug-likeness (QED) is 0.0685. The average Bonchev–Trinajstić information content (AvgIpc) is 2.85. The summed E-state index contributed by atoms with van der Waals surface area (Å²) < 4.78 is 84.6. The second kappa shape index (κ2) is 13.7. The lowest BCUT2D eigenvalue weighted by molar-refractivity contribution is -0.0291. The molecule has 6 aliphatic rings. The van der Waals surface area contributed by atoms with Crippen LogP contribution in [0.3, 0.4) is 0 Å². The molecule has 6 rings (SSSR count). The van der Waals surface area contributed by atoms with E-state index in [0.29, 0.717) is 0 Å². The standard InChI is InChI=1S/C16H48N8O12Si8/c17-1-9-37-25-38(10-2-18)28-41(13-5-21)30-39(26-37,11-3-19)32-43(15-7-23)33-40(27-37,12-4-20)31-42(29-38,14-6-22)35-44(34-41,36-43)16-8-24/h1-24H2. The maximum absolute atomic E-state index is 7.05. The average molecular weight is 769 g/mol. The second-order valence-corrected chi connectivity index (χ2v) is 35.7. The first-order valence-corrected chi connectivity index (χ1v) is 30.4. The van der Waals surface area contributed by atoms with Gasteiger partial charge in [-0.2, -0.15) is 0 Å². The van der Waals surface area contributed by atoms with Crippen LogP contribution in [0.25, 0.3) is 0 Å². The number of hydrogen-bond acceptors (Lipinski definition) is 20. The summed E-state index contributed by atoms with van der Waals surface area (Å²) in [5.41, 5.74) is 49.5. The molecule has 0 spiro atoms. The molecule has 0 atom stereocenters. The van der Waals surface area contributed by atoms with E-state index in [1.807, 2.05) is 0 Å². The van der Waals surface area contributed by atoms with Crippen molar-refractivity contribution in [3.8, 4) is 0 Å². The van der Waals surface area contributed by atoms with Crippen molar-refractivity contribution < 1.29 is 49.4 Å². The van der Waals surface area contributed by atoms with Crippen LogP contribution < -0.4 is 45.9 Å². The molecular formula is C16H48N8O12Si8. The van der Waals surface area contributed by atoms with Crippen LogP contribution in [0.15, 0.2) is 0 Å². The van der Waals surface area contributed by atoms with Gasteiger partial charge in [-0.25, -0.2) is 0 Å². The molecular weight excluding hydrogens is 721 g/mol. The van der Waals surface area contributed by atoms with Gasteiger partial charge in [-0.15, -0.1) is 0 Å². The van der Waals surface area contributed by atoms with Crippen molar-refractivity contribution in [2.24, 2.45) is 45.9 Å². The van der Waals surface area contributed by atoms with Crippen molar-refractivity contribution in [3.05, 3.63) is 0 Å². The van der Waals surface area contributed by atoms with Gasteiger partial charge in [-0.1, -0.05) is 0 Å². The zero-order chi connectivity index (χ0) is 31.8. The molecule has 8 bridgehead atoms. The Balaban J connectivity index is 1.88. The third kappa shape index (κ3) is 6.86. The van der Waals surface area contributed by atoms with Crippen molar-refractivity contribution in [3.63, 3.8) is 0 Å². The Morgan fingerprint density at radius 3 is 0.364 bits per heavy atom. The summed E-state index contributed by atoms with van der Waals surface area (Å²) in [5, 5.41) is 0. The first kappa shape index (κ1) is 36.2. The fourth-order valence-electron chi connectivity index (χ4n) is 5.98. The highest BCUT2D eigenvalue weighted by atomic mass is 28.6. The lowest BCUT2D eigenvalue weighted by Crippen LogP contribution is -2.89. The van der Waals surface area contributed by atoms with Crippen LogP contribution in [0.4, 0.5) is 0 Å². The molecule has 44 heavy (non-hydrogen) atoms. The molecule has 0 aromatic heterocycles. The molecule has 6 aliphatic heterocycles. The van der Waals surface area contributed by atoms with Crippen molar-refractivity contribution in [1.29, 1.82) is 0 Å². The van der Waals surface area contributed by atoms with Gasteiger partial charge in [0.1, 0.15) is 0 Å². The normalized spacial score (nSPS) is 46.4. The summed E-state index contributed by atoms with van der Waals surface area (Å²) in [6, 6.07) is 0.952. The molecule has 6 fully saturated rings. The molecule has 0 amide bonds. The fourth-order valence-corrected chi connectivity index (χ4v) is 54.4. The van der Waals surface area contributed by atoms with Crippen LogP contribution in [0.1, 0.15) is 0 Å². The monoisotopic (exact) mass is 768 g/mol. The molecule has 20 nitrogen and oxygen atoms in total. The number of nitrogens with two attached hydrogens (primary N) is 8. The lowest BCUT2D eigenvalue weighted by Gasteiger charge is -2.63. The number of rotatable bonds is 16. The van der Waals surface area contributed by atoms with E-state index in [9.17, 15) is 0 Å². The van der Waals surface area contributed by atoms with Crippen LogP contribution in [-0.4, -0.2) is 123 Å². The van der Waals surface area contributed by atoms with Gasteiger partial charge >= 0.3 is 70.4 Å². The Morgan fingerprint density at radius 1 is 0.205 bits per heavy atom. The first-order valence-electron chi connectivity index (χ1n) is 15.0. The third-order valence-corrected chi connectivity index (χ3v) is 44.4. The van der Waals surface area contributed by atoms with Crippen LogP contribution in [0.2, 0.25) is 48.4 Å². The lowest BCUT2D eigenvalue weighted by atomic mass is 10.8. The van der Waals surface area contributed by atoms with Crippen LogP contribution in [0, 0.1) is 0 Å². The van der Waals surface area contributed by atoms with E-state index in [1.54, 1.807) is 0 Å². The molecule has 16 N–H and O–H groups in total. The van der Waals surface area contributed by atoms with Crippen molar-refractivity contribution in [2.45, 2.75) is 48.4 Å². The summed E-state index contributed by atoms with van der Waals surface area (Å²) >= 11 is 0. The zero-order valence-corrected chi connectivity index (χ0v) is 32.8. The maximum Gasteiger partial charge on any atom is 0.480 e. The third-order valence-electron chi connectivity index (χ3n) is 7.34. The van der Waals surface area contributed by atoms with E-state index in [1.165, 1.54) is 0 Å². The molecule has 0 aromatic rings. The highest BCUT2D eigenvalue weighted by molar-refractivity contribution is 7.03. The van der Waals surface area contributed by atoms with Gasteiger partial charge in [0.15, 0.2) is 0 Å². The Morgan fingerprint density at radius 2 is 0.295 bits per heavy atom. The molecule has 0 saturated carbocycles. The molecule has 0 aromatic carbocycles. The van der Waals surface area contributed by atoms with Gasteiger partial charge in [0.25, 0.3) is 0 Å². The largest absolute Gasteiger partial charge is 0.480 e. The van der Waals surface area contributed by atoms with Gasteiger partial charge in [0.05, 0.1) is 0 Å². The van der Waals surface area contributed by atoms with Crippen LogP contribution >= 0.6 is 0 Å². The van der Waals surface area contributed by atoms with Gasteiger partial charge in [-0.3, -0.25) is 0 Å².